The molecule has 0 aliphatic heterocycles. The van der Waals surface area contributed by atoms with Crippen molar-refractivity contribution in [1.29, 1.82) is 0 Å². The summed E-state index contributed by atoms with van der Waals surface area (Å²) in [6, 6.07) is 4.28. The van der Waals surface area contributed by atoms with E-state index in [0.717, 1.165) is 5.82 Å². The molecule has 1 N–H and O–H groups in total. The summed E-state index contributed by atoms with van der Waals surface area (Å²) in [4.78, 5) is 0. The number of nitrogens with one attached hydrogen (secondary N) is 1. The van der Waals surface area contributed by atoms with Crippen LogP contribution in [-0.4, -0.2) is 31.3 Å². The molecule has 0 saturated heterocycles. The summed E-state index contributed by atoms with van der Waals surface area (Å²) in [5, 5.41) is 19.0. The molecule has 6 nitrogen and oxygen atoms in total. The third-order valence-electron chi connectivity index (χ3n) is 3.65. The molecule has 90 valence electrons. The molecule has 0 bridgehead atoms. The summed E-state index contributed by atoms with van der Waals surface area (Å²) >= 11 is 0. The van der Waals surface area contributed by atoms with Crippen molar-refractivity contribution in [3.8, 4) is 0 Å². The van der Waals surface area contributed by atoms with Crippen molar-refractivity contribution >= 4 is 11.5 Å². The van der Waals surface area contributed by atoms with Gasteiger partial charge in [0.25, 0.3) is 0 Å². The van der Waals surface area contributed by atoms with Gasteiger partial charge in [0.05, 0.1) is 0 Å². The summed E-state index contributed by atoms with van der Waals surface area (Å²) in [6.45, 7) is 4.60. The maximum absolute atomic E-state index is 4.33. The molecule has 2 aromatic rings. The highest BCUT2D eigenvalue weighted by molar-refractivity contribution is 5.43. The topological polar surface area (TPSA) is 68.0 Å². The number of hydrogen-bond donors (Lipinski definition) is 1. The van der Waals surface area contributed by atoms with Crippen molar-refractivity contribution in [3.63, 3.8) is 0 Å². The first-order valence-electron chi connectivity index (χ1n) is 5.97. The maximum Gasteiger partial charge on any atom is 0.200 e. The van der Waals surface area contributed by atoms with Gasteiger partial charge in [0.2, 0.25) is 0 Å². The molecule has 1 saturated carbocycles. The van der Waals surface area contributed by atoms with Gasteiger partial charge in [-0.05, 0) is 40.8 Å². The average molecular weight is 232 g/mol. The predicted molar refractivity (Wildman–Crippen MR) is 63.6 cm³/mol. The zero-order valence-corrected chi connectivity index (χ0v) is 10.1. The number of fused-ring (bicyclic) bond motifs is 1. The fourth-order valence-electron chi connectivity index (χ4n) is 2.50. The van der Waals surface area contributed by atoms with Crippen LogP contribution in [0.25, 0.3) is 5.65 Å². The molecule has 0 aromatic carbocycles. The Kier molecular flexibility index (Phi) is 2.24. The Bertz CT molecular complexity index is 531. The van der Waals surface area contributed by atoms with Crippen LogP contribution >= 0.6 is 0 Å². The number of hydrogen-bond acceptors (Lipinski definition) is 5. The SMILES string of the molecule is CC1(C)CCCC1Nc1ccc2nnnn2n1. The molecule has 1 unspecified atom stereocenters. The maximum atomic E-state index is 4.33. The lowest BCUT2D eigenvalue weighted by Gasteiger charge is -2.28. The van der Waals surface area contributed by atoms with Crippen LogP contribution in [0.3, 0.4) is 0 Å². The average Bonchev–Trinajstić information content (AvgIpc) is 2.85. The Morgan fingerprint density at radius 3 is 3.06 bits per heavy atom. The molecule has 0 spiro atoms. The van der Waals surface area contributed by atoms with Crippen LogP contribution in [0.4, 0.5) is 5.82 Å². The molecule has 6 heteroatoms. The lowest BCUT2D eigenvalue weighted by molar-refractivity contribution is 0.349. The van der Waals surface area contributed by atoms with Gasteiger partial charge in [-0.15, -0.1) is 14.8 Å². The number of aromatic nitrogens is 5. The van der Waals surface area contributed by atoms with Gasteiger partial charge in [-0.2, -0.15) is 0 Å². The summed E-state index contributed by atoms with van der Waals surface area (Å²) < 4.78 is 1.45. The Balaban J connectivity index is 1.84. The van der Waals surface area contributed by atoms with E-state index in [-0.39, 0.29) is 0 Å². The number of tetrazole rings is 1. The quantitative estimate of drug-likeness (QED) is 0.850. The van der Waals surface area contributed by atoms with Crippen molar-refractivity contribution in [2.75, 3.05) is 5.32 Å². The Morgan fingerprint density at radius 1 is 1.41 bits per heavy atom. The highest BCUT2D eigenvalue weighted by Crippen LogP contribution is 2.38. The zero-order chi connectivity index (χ0) is 11.9. The Hall–Kier alpha value is -1.72. The molecule has 2 heterocycles. The van der Waals surface area contributed by atoms with Gasteiger partial charge in [0.1, 0.15) is 5.82 Å². The summed E-state index contributed by atoms with van der Waals surface area (Å²) in [5.41, 5.74) is 0.998. The molecule has 0 radical (unpaired) electrons. The molecule has 2 aromatic heterocycles. The standard InChI is InChI=1S/C11H16N6/c1-11(2)7-3-4-8(11)12-9-5-6-10-13-15-16-17(10)14-9/h5-6,8H,3-4,7H2,1-2H3,(H,12,14). The second-order valence-electron chi connectivity index (χ2n) is 5.32. The summed E-state index contributed by atoms with van der Waals surface area (Å²) in [7, 11) is 0. The normalized spacial score (nSPS) is 23.1. The molecule has 1 aliphatic rings. The van der Waals surface area contributed by atoms with Gasteiger partial charge in [0.15, 0.2) is 5.65 Å². The monoisotopic (exact) mass is 232 g/mol. The minimum Gasteiger partial charge on any atom is -0.365 e. The van der Waals surface area contributed by atoms with E-state index in [1.54, 1.807) is 0 Å². The Labute approximate surface area is 99.4 Å². The van der Waals surface area contributed by atoms with E-state index >= 15 is 0 Å². The van der Waals surface area contributed by atoms with Crippen LogP contribution in [0.1, 0.15) is 33.1 Å². The molecule has 3 rings (SSSR count). The van der Waals surface area contributed by atoms with Gasteiger partial charge < -0.3 is 5.32 Å². The van der Waals surface area contributed by atoms with Crippen molar-refractivity contribution in [2.24, 2.45) is 5.41 Å². The molecule has 1 aliphatic carbocycles. The minimum absolute atomic E-state index is 0.331. The molecule has 0 amide bonds. The van der Waals surface area contributed by atoms with Crippen LogP contribution in [0.2, 0.25) is 0 Å². The van der Waals surface area contributed by atoms with Crippen LogP contribution in [0.15, 0.2) is 12.1 Å². The van der Waals surface area contributed by atoms with Crippen molar-refractivity contribution in [2.45, 2.75) is 39.2 Å². The van der Waals surface area contributed by atoms with Gasteiger partial charge in [-0.25, -0.2) is 0 Å². The van der Waals surface area contributed by atoms with Crippen molar-refractivity contribution < 1.29 is 0 Å². The Morgan fingerprint density at radius 2 is 2.29 bits per heavy atom. The van der Waals surface area contributed by atoms with Gasteiger partial charge in [-0.3, -0.25) is 0 Å². The van der Waals surface area contributed by atoms with E-state index in [1.807, 2.05) is 12.1 Å². The van der Waals surface area contributed by atoms with E-state index in [0.29, 0.717) is 17.1 Å². The largest absolute Gasteiger partial charge is 0.365 e. The lowest BCUT2D eigenvalue weighted by Crippen LogP contribution is -2.31. The number of nitrogens with zero attached hydrogens (tertiary/aromatic N) is 5. The first-order chi connectivity index (χ1) is 8.15. The first-order valence-corrected chi connectivity index (χ1v) is 5.97. The van der Waals surface area contributed by atoms with Crippen molar-refractivity contribution in [1.82, 2.24) is 25.3 Å². The van der Waals surface area contributed by atoms with E-state index in [2.05, 4.69) is 39.8 Å². The summed E-state index contributed by atoms with van der Waals surface area (Å²) in [5.74, 6) is 0.838. The minimum atomic E-state index is 0.331. The third-order valence-corrected chi connectivity index (χ3v) is 3.65. The third kappa shape index (κ3) is 1.83. The number of rotatable bonds is 2. The predicted octanol–water partition coefficient (Wildman–Crippen LogP) is 1.51. The molecule has 17 heavy (non-hydrogen) atoms. The van der Waals surface area contributed by atoms with Crippen LogP contribution < -0.4 is 5.32 Å². The summed E-state index contributed by atoms with van der Waals surface area (Å²) in [6.07, 6.45) is 3.73. The van der Waals surface area contributed by atoms with Crippen LogP contribution in [-0.2, 0) is 0 Å². The van der Waals surface area contributed by atoms with Gasteiger partial charge in [-0.1, -0.05) is 20.3 Å². The van der Waals surface area contributed by atoms with Crippen molar-refractivity contribution in [3.05, 3.63) is 12.1 Å². The fraction of sp³-hybridized carbons (Fsp3) is 0.636. The molecule has 1 atom stereocenters. The molecular formula is C11H16N6. The fourth-order valence-corrected chi connectivity index (χ4v) is 2.50. The highest BCUT2D eigenvalue weighted by atomic mass is 15.6. The smallest absolute Gasteiger partial charge is 0.200 e. The van der Waals surface area contributed by atoms with E-state index < -0.39 is 0 Å². The van der Waals surface area contributed by atoms with E-state index in [1.165, 1.54) is 23.9 Å². The second-order valence-corrected chi connectivity index (χ2v) is 5.32. The molecular weight excluding hydrogens is 216 g/mol. The lowest BCUT2D eigenvalue weighted by atomic mass is 9.87. The first kappa shape index (κ1) is 10.4. The van der Waals surface area contributed by atoms with Crippen LogP contribution in [0.5, 0.6) is 0 Å². The van der Waals surface area contributed by atoms with Gasteiger partial charge >= 0.3 is 0 Å². The zero-order valence-electron chi connectivity index (χ0n) is 10.1. The second kappa shape index (κ2) is 3.65. The molecule has 1 fully saturated rings. The van der Waals surface area contributed by atoms with E-state index in [9.17, 15) is 0 Å². The van der Waals surface area contributed by atoms with E-state index in [4.69, 9.17) is 0 Å². The van der Waals surface area contributed by atoms with Crippen LogP contribution in [0, 0.1) is 5.41 Å². The number of anilines is 1. The van der Waals surface area contributed by atoms with Gasteiger partial charge in [0, 0.05) is 6.04 Å². The highest BCUT2D eigenvalue weighted by Gasteiger charge is 2.34.